The van der Waals surface area contributed by atoms with Gasteiger partial charge in [-0.1, -0.05) is 72.3 Å². The third kappa shape index (κ3) is 7.78. The van der Waals surface area contributed by atoms with E-state index in [1.807, 2.05) is 103 Å². The molecule has 0 spiro atoms. The molecule has 0 fully saturated rings. The SMILES string of the molecule is OCC(CCCc1ccc(Oc2cccc(OCc3ccccc3)c2)cc1Cl)Nc1ccccc1. The fraction of sp³-hybridized carbons (Fsp3) is 0.200. The summed E-state index contributed by atoms with van der Waals surface area (Å²) >= 11 is 6.55. The maximum Gasteiger partial charge on any atom is 0.131 e. The highest BCUT2D eigenvalue weighted by Crippen LogP contribution is 2.30. The molecule has 4 nitrogen and oxygen atoms in total. The Morgan fingerprint density at radius 1 is 0.771 bits per heavy atom. The summed E-state index contributed by atoms with van der Waals surface area (Å²) in [5.74, 6) is 2.12. The molecule has 180 valence electrons. The van der Waals surface area contributed by atoms with E-state index in [9.17, 15) is 5.11 Å². The number of benzene rings is 4. The van der Waals surface area contributed by atoms with Crippen LogP contribution in [0.2, 0.25) is 5.02 Å². The van der Waals surface area contributed by atoms with Crippen molar-refractivity contribution in [3.8, 4) is 17.2 Å². The van der Waals surface area contributed by atoms with Crippen molar-refractivity contribution in [2.24, 2.45) is 0 Å². The molecule has 1 unspecified atom stereocenters. The largest absolute Gasteiger partial charge is 0.489 e. The third-order valence-corrected chi connectivity index (χ3v) is 6.03. The van der Waals surface area contributed by atoms with Crippen LogP contribution in [0.3, 0.4) is 0 Å². The molecule has 0 amide bonds. The average molecular weight is 488 g/mol. The van der Waals surface area contributed by atoms with Crippen molar-refractivity contribution < 1.29 is 14.6 Å². The molecule has 0 saturated carbocycles. The minimum absolute atomic E-state index is 0.00942. The molecule has 4 aromatic carbocycles. The lowest BCUT2D eigenvalue weighted by molar-refractivity contribution is 0.267. The van der Waals surface area contributed by atoms with E-state index < -0.39 is 0 Å². The van der Waals surface area contributed by atoms with E-state index in [2.05, 4.69) is 5.32 Å². The minimum atomic E-state index is 0.00942. The fourth-order valence-electron chi connectivity index (χ4n) is 3.82. The van der Waals surface area contributed by atoms with Crippen LogP contribution in [-0.4, -0.2) is 17.8 Å². The lowest BCUT2D eigenvalue weighted by Gasteiger charge is -2.17. The number of aliphatic hydroxyl groups excluding tert-OH is 1. The van der Waals surface area contributed by atoms with E-state index >= 15 is 0 Å². The topological polar surface area (TPSA) is 50.7 Å². The zero-order valence-electron chi connectivity index (χ0n) is 19.6. The number of aryl methyl sites for hydroxylation is 1. The first-order valence-corrected chi connectivity index (χ1v) is 12.2. The van der Waals surface area contributed by atoms with Crippen LogP contribution in [0.1, 0.15) is 24.0 Å². The molecular formula is C30H30ClNO3. The standard InChI is InChI=1S/C30H30ClNO3/c31-30-20-29(35-28-16-8-15-27(19-28)34-22-23-9-3-1-4-10-23)18-17-24(30)11-7-14-26(21-33)32-25-12-5-2-6-13-25/h1-6,8-10,12-13,15-20,26,32-33H,7,11,14,21-22H2. The zero-order valence-corrected chi connectivity index (χ0v) is 20.3. The highest BCUT2D eigenvalue weighted by molar-refractivity contribution is 6.31. The monoisotopic (exact) mass is 487 g/mol. The first kappa shape index (κ1) is 24.6. The summed E-state index contributed by atoms with van der Waals surface area (Å²) in [6, 6.07) is 33.4. The van der Waals surface area contributed by atoms with Crippen LogP contribution in [0.4, 0.5) is 5.69 Å². The lowest BCUT2D eigenvalue weighted by atomic mass is 10.0. The quantitative estimate of drug-likeness (QED) is 0.217. The van der Waals surface area contributed by atoms with Crippen molar-refractivity contribution >= 4 is 17.3 Å². The Bertz CT molecular complexity index is 1180. The number of nitrogens with one attached hydrogen (secondary N) is 1. The molecule has 0 aromatic heterocycles. The summed E-state index contributed by atoms with van der Waals surface area (Å²) < 4.78 is 11.9. The van der Waals surface area contributed by atoms with Crippen LogP contribution >= 0.6 is 11.6 Å². The molecular weight excluding hydrogens is 458 g/mol. The van der Waals surface area contributed by atoms with Crippen LogP contribution in [0, 0.1) is 0 Å². The fourth-order valence-corrected chi connectivity index (χ4v) is 4.08. The summed E-state index contributed by atoms with van der Waals surface area (Å²) in [5.41, 5.74) is 3.19. The third-order valence-electron chi connectivity index (χ3n) is 5.68. The van der Waals surface area contributed by atoms with E-state index in [-0.39, 0.29) is 12.6 Å². The first-order chi connectivity index (χ1) is 17.2. The predicted octanol–water partition coefficient (Wildman–Crippen LogP) is 7.51. The highest BCUT2D eigenvalue weighted by atomic mass is 35.5. The number of para-hydroxylation sites is 1. The Morgan fingerprint density at radius 2 is 1.49 bits per heavy atom. The minimum Gasteiger partial charge on any atom is -0.489 e. The van der Waals surface area contributed by atoms with Crippen molar-refractivity contribution in [3.05, 3.63) is 119 Å². The molecule has 0 bridgehead atoms. The number of aliphatic hydroxyl groups is 1. The maximum atomic E-state index is 9.71. The van der Waals surface area contributed by atoms with E-state index in [0.717, 1.165) is 41.8 Å². The molecule has 0 saturated heterocycles. The van der Waals surface area contributed by atoms with Gasteiger partial charge in [-0.2, -0.15) is 0 Å². The Morgan fingerprint density at radius 3 is 2.23 bits per heavy atom. The molecule has 4 rings (SSSR count). The number of rotatable bonds is 12. The number of ether oxygens (including phenoxy) is 2. The summed E-state index contributed by atoms with van der Waals surface area (Å²) in [7, 11) is 0. The van der Waals surface area contributed by atoms with Crippen molar-refractivity contribution in [1.29, 1.82) is 0 Å². The first-order valence-electron chi connectivity index (χ1n) is 11.8. The van der Waals surface area contributed by atoms with E-state index in [1.54, 1.807) is 0 Å². The van der Waals surface area contributed by atoms with Gasteiger partial charge in [0.1, 0.15) is 23.9 Å². The Hall–Kier alpha value is -3.47. The maximum absolute atomic E-state index is 9.71. The number of hydrogen-bond acceptors (Lipinski definition) is 4. The second-order valence-electron chi connectivity index (χ2n) is 8.39. The number of halogens is 1. The Kier molecular flexibility index (Phi) is 9.04. The van der Waals surface area contributed by atoms with Gasteiger partial charge in [-0.25, -0.2) is 0 Å². The van der Waals surface area contributed by atoms with Gasteiger partial charge in [-0.15, -0.1) is 0 Å². The van der Waals surface area contributed by atoms with Crippen LogP contribution in [0.15, 0.2) is 103 Å². The van der Waals surface area contributed by atoms with Gasteiger partial charge in [0.25, 0.3) is 0 Å². The average Bonchev–Trinajstić information content (AvgIpc) is 2.89. The van der Waals surface area contributed by atoms with Crippen molar-refractivity contribution in [2.45, 2.75) is 31.9 Å². The Labute approximate surface area is 212 Å². The molecule has 0 radical (unpaired) electrons. The second-order valence-corrected chi connectivity index (χ2v) is 8.79. The lowest BCUT2D eigenvalue weighted by Crippen LogP contribution is -2.23. The molecule has 35 heavy (non-hydrogen) atoms. The van der Waals surface area contributed by atoms with Crippen LogP contribution in [0.25, 0.3) is 0 Å². The molecule has 0 heterocycles. The van der Waals surface area contributed by atoms with Crippen LogP contribution in [-0.2, 0) is 13.0 Å². The van der Waals surface area contributed by atoms with Gasteiger partial charge in [0.05, 0.1) is 6.61 Å². The smallest absolute Gasteiger partial charge is 0.131 e. The van der Waals surface area contributed by atoms with Gasteiger partial charge in [0, 0.05) is 22.8 Å². The number of anilines is 1. The number of hydrogen-bond donors (Lipinski definition) is 2. The van der Waals surface area contributed by atoms with Crippen molar-refractivity contribution in [1.82, 2.24) is 0 Å². The van der Waals surface area contributed by atoms with E-state index in [0.29, 0.717) is 23.1 Å². The van der Waals surface area contributed by atoms with Gasteiger partial charge >= 0.3 is 0 Å². The zero-order chi connectivity index (χ0) is 24.3. The molecule has 5 heteroatoms. The van der Waals surface area contributed by atoms with E-state index in [1.165, 1.54) is 0 Å². The van der Waals surface area contributed by atoms with Gasteiger partial charge in [-0.3, -0.25) is 0 Å². The summed E-state index contributed by atoms with van der Waals surface area (Å²) in [5, 5.41) is 13.8. The molecule has 1 atom stereocenters. The van der Waals surface area contributed by atoms with Gasteiger partial charge < -0.3 is 19.9 Å². The van der Waals surface area contributed by atoms with Crippen molar-refractivity contribution in [3.63, 3.8) is 0 Å². The highest BCUT2D eigenvalue weighted by Gasteiger charge is 2.09. The normalized spacial score (nSPS) is 11.6. The van der Waals surface area contributed by atoms with Crippen LogP contribution < -0.4 is 14.8 Å². The second kappa shape index (κ2) is 12.8. The summed E-state index contributed by atoms with van der Waals surface area (Å²) in [4.78, 5) is 0. The molecule has 0 aliphatic heterocycles. The summed E-state index contributed by atoms with van der Waals surface area (Å²) in [6.45, 7) is 0.590. The van der Waals surface area contributed by atoms with Gasteiger partial charge in [-0.05, 0) is 66.8 Å². The molecule has 4 aromatic rings. The van der Waals surface area contributed by atoms with Crippen molar-refractivity contribution in [2.75, 3.05) is 11.9 Å². The van der Waals surface area contributed by atoms with E-state index in [4.69, 9.17) is 21.1 Å². The van der Waals surface area contributed by atoms with Gasteiger partial charge in [0.15, 0.2) is 0 Å². The van der Waals surface area contributed by atoms with Gasteiger partial charge in [0.2, 0.25) is 0 Å². The Balaban J connectivity index is 1.28. The molecule has 0 aliphatic carbocycles. The predicted molar refractivity (Wildman–Crippen MR) is 143 cm³/mol. The molecule has 2 N–H and O–H groups in total. The molecule has 0 aliphatic rings. The van der Waals surface area contributed by atoms with Crippen LogP contribution in [0.5, 0.6) is 17.2 Å². The summed E-state index contributed by atoms with van der Waals surface area (Å²) in [6.07, 6.45) is 2.58.